The fraction of sp³-hybridized carbons (Fsp3) is 0.500. The number of hydrogen-bond acceptors (Lipinski definition) is 2. The molecule has 258 valence electrons. The Morgan fingerprint density at radius 3 is 2.08 bits per heavy atom. The molecule has 4 aliphatic rings. The molecule has 0 radical (unpaired) electrons. The molecule has 0 aromatic heterocycles. The molecule has 0 heterocycles. The average molecular weight is 671 g/mol. The first-order valence-corrected chi connectivity index (χ1v) is 21.2. The van der Waals surface area contributed by atoms with Crippen LogP contribution in [0.5, 0.6) is 0 Å². The van der Waals surface area contributed by atoms with E-state index in [9.17, 15) is 4.79 Å². The molecule has 0 aliphatic heterocycles. The maximum atomic E-state index is 12.3. The number of allylic oxidation sites excluding steroid dienone is 3. The maximum Gasteiger partial charge on any atom is 0.261 e. The Hall–Kier alpha value is -3.01. The van der Waals surface area contributed by atoms with Gasteiger partial charge in [-0.3, -0.25) is 4.79 Å². The monoisotopic (exact) mass is 670 g/mol. The molecule has 0 saturated heterocycles. The van der Waals surface area contributed by atoms with E-state index in [1.807, 2.05) is 0 Å². The van der Waals surface area contributed by atoms with Gasteiger partial charge in [0, 0.05) is 6.42 Å². The van der Waals surface area contributed by atoms with Gasteiger partial charge in [0.2, 0.25) is 0 Å². The number of ketones is 1. The Labute approximate surface area is 297 Å². The van der Waals surface area contributed by atoms with Crippen LogP contribution in [-0.4, -0.2) is 14.1 Å². The zero-order valence-electron chi connectivity index (χ0n) is 30.8. The summed E-state index contributed by atoms with van der Waals surface area (Å²) in [6, 6.07) is 31.3. The summed E-state index contributed by atoms with van der Waals surface area (Å²) >= 11 is 0. The third-order valence-electron chi connectivity index (χ3n) is 13.9. The lowest BCUT2D eigenvalue weighted by atomic mass is 9.46. The first kappa shape index (κ1) is 34.4. The number of fused-ring (bicyclic) bond motifs is 5. The van der Waals surface area contributed by atoms with Gasteiger partial charge in [0.05, 0.1) is 6.61 Å². The lowest BCUT2D eigenvalue weighted by Gasteiger charge is -2.58. The Morgan fingerprint density at radius 1 is 0.796 bits per heavy atom. The first-order valence-electron chi connectivity index (χ1n) is 19.3. The smallest absolute Gasteiger partial charge is 0.261 e. The van der Waals surface area contributed by atoms with Crippen LogP contribution in [0.15, 0.2) is 108 Å². The van der Waals surface area contributed by atoms with Gasteiger partial charge in [-0.1, -0.05) is 130 Å². The summed E-state index contributed by atoms with van der Waals surface area (Å²) in [5, 5.41) is 2.64. The summed E-state index contributed by atoms with van der Waals surface area (Å²) in [7, 11) is -2.56. The highest BCUT2D eigenvalue weighted by Crippen LogP contribution is 2.67. The molecule has 3 fully saturated rings. The summed E-state index contributed by atoms with van der Waals surface area (Å²) < 4.78 is 7.22. The summed E-state index contributed by atoms with van der Waals surface area (Å²) in [5.41, 5.74) is 6.60. The maximum absolute atomic E-state index is 12.3. The summed E-state index contributed by atoms with van der Waals surface area (Å²) in [6.45, 7) is 12.5. The lowest BCUT2D eigenvalue weighted by molar-refractivity contribution is -0.117. The number of aryl methyl sites for hydroxylation is 1. The molecule has 3 saturated carbocycles. The van der Waals surface area contributed by atoms with Crippen LogP contribution in [0.4, 0.5) is 0 Å². The topological polar surface area (TPSA) is 26.3 Å². The number of rotatable bonds is 9. The lowest BCUT2D eigenvalue weighted by Crippen LogP contribution is -2.66. The van der Waals surface area contributed by atoms with E-state index in [2.05, 4.69) is 132 Å². The number of carbonyl (C=O) groups is 1. The van der Waals surface area contributed by atoms with Crippen molar-refractivity contribution in [1.82, 2.24) is 0 Å². The Kier molecular flexibility index (Phi) is 9.56. The number of benzene rings is 3. The minimum absolute atomic E-state index is 0.0259. The van der Waals surface area contributed by atoms with Crippen LogP contribution in [0.2, 0.25) is 5.04 Å². The van der Waals surface area contributed by atoms with E-state index in [-0.39, 0.29) is 10.5 Å². The third-order valence-corrected chi connectivity index (χ3v) is 18.8. The van der Waals surface area contributed by atoms with Gasteiger partial charge in [0.25, 0.3) is 8.32 Å². The van der Waals surface area contributed by atoms with E-state index >= 15 is 0 Å². The van der Waals surface area contributed by atoms with Gasteiger partial charge in [-0.15, -0.1) is 0 Å². The highest BCUT2D eigenvalue weighted by Gasteiger charge is 2.58. The van der Waals surface area contributed by atoms with E-state index in [0.29, 0.717) is 17.8 Å². The molecule has 2 nitrogen and oxygen atoms in total. The van der Waals surface area contributed by atoms with Crippen LogP contribution >= 0.6 is 0 Å². The standard InChI is InChI=1S/C46H58O2Si/c1-6-36-24-26-43-41-25-23-37-32-38(47)27-30-45(37,5)42(41)28-31-46(36,43)29-13-14-34-19-21-35(22-20-34)33-48-49(44(2,3)4,39-15-9-7-10-16-39)40-17-11-8-12-18-40/h6-12,15-22,32,41-43H,13-14,23-31,33H2,1-5H3/b36-6+/t41-,42-,43+,45-,46-/m1/s1. The van der Waals surface area contributed by atoms with Crippen molar-refractivity contribution in [3.8, 4) is 0 Å². The van der Waals surface area contributed by atoms with Crippen molar-refractivity contribution in [3.05, 3.63) is 119 Å². The fourth-order valence-corrected chi connectivity index (χ4v) is 16.0. The number of carbonyl (C=O) groups excluding carboxylic acids is 1. The highest BCUT2D eigenvalue weighted by molar-refractivity contribution is 6.99. The van der Waals surface area contributed by atoms with E-state index in [1.54, 1.807) is 5.57 Å². The third kappa shape index (κ3) is 6.07. The molecular formula is C46H58O2Si. The van der Waals surface area contributed by atoms with Crippen LogP contribution in [0.1, 0.15) is 110 Å². The zero-order chi connectivity index (χ0) is 34.3. The van der Waals surface area contributed by atoms with Crippen LogP contribution in [0, 0.1) is 28.6 Å². The summed E-state index contributed by atoms with van der Waals surface area (Å²) in [4.78, 5) is 12.3. The molecule has 7 rings (SSSR count). The van der Waals surface area contributed by atoms with Gasteiger partial charge in [-0.25, -0.2) is 0 Å². The normalized spacial score (nSPS) is 29.2. The molecule has 3 heteroatoms. The molecule has 0 unspecified atom stereocenters. The Morgan fingerprint density at radius 2 is 1.45 bits per heavy atom. The van der Waals surface area contributed by atoms with Crippen molar-refractivity contribution in [2.45, 2.75) is 117 Å². The largest absolute Gasteiger partial charge is 0.403 e. The van der Waals surface area contributed by atoms with Gasteiger partial charge >= 0.3 is 0 Å². The van der Waals surface area contributed by atoms with E-state index < -0.39 is 8.32 Å². The predicted molar refractivity (Wildman–Crippen MR) is 207 cm³/mol. The Balaban J connectivity index is 1.04. The molecule has 3 aromatic rings. The van der Waals surface area contributed by atoms with Gasteiger partial charge in [-0.2, -0.15) is 0 Å². The molecule has 0 spiro atoms. The highest BCUT2D eigenvalue weighted by atomic mass is 28.4. The van der Waals surface area contributed by atoms with E-state index in [1.165, 1.54) is 72.0 Å². The van der Waals surface area contributed by atoms with Crippen LogP contribution in [-0.2, 0) is 22.2 Å². The molecule has 49 heavy (non-hydrogen) atoms. The first-order chi connectivity index (χ1) is 23.6. The van der Waals surface area contributed by atoms with Crippen molar-refractivity contribution < 1.29 is 9.22 Å². The Bertz CT molecular complexity index is 1640. The van der Waals surface area contributed by atoms with Crippen LogP contribution in [0.3, 0.4) is 0 Å². The van der Waals surface area contributed by atoms with E-state index in [4.69, 9.17) is 4.43 Å². The fourth-order valence-electron chi connectivity index (χ4n) is 11.5. The molecule has 0 bridgehead atoms. The molecule has 5 atom stereocenters. The van der Waals surface area contributed by atoms with Crippen molar-refractivity contribution in [2.24, 2.45) is 28.6 Å². The SMILES string of the molecule is C/C=C1\CC[C@H]2[C@@H]3CCC4=CC(=O)CC[C@@]4(C)[C@@H]3CC[C@]12CCCc1ccc(CO[Si](c2ccccc2)(c2ccccc2)C(C)(C)C)cc1. The summed E-state index contributed by atoms with van der Waals surface area (Å²) in [6.07, 6.45) is 17.9. The quantitative estimate of drug-likeness (QED) is 0.167. The molecular weight excluding hydrogens is 613 g/mol. The van der Waals surface area contributed by atoms with Crippen LogP contribution < -0.4 is 10.4 Å². The molecule has 3 aromatic carbocycles. The van der Waals surface area contributed by atoms with Gasteiger partial charge in [0.15, 0.2) is 5.78 Å². The summed E-state index contributed by atoms with van der Waals surface area (Å²) in [5.74, 6) is 2.76. The van der Waals surface area contributed by atoms with E-state index in [0.717, 1.165) is 43.4 Å². The second kappa shape index (κ2) is 13.6. The minimum Gasteiger partial charge on any atom is -0.403 e. The van der Waals surface area contributed by atoms with Crippen LogP contribution in [0.25, 0.3) is 0 Å². The van der Waals surface area contributed by atoms with Crippen molar-refractivity contribution >= 4 is 24.5 Å². The predicted octanol–water partition coefficient (Wildman–Crippen LogP) is 10.5. The molecule has 0 amide bonds. The van der Waals surface area contributed by atoms with Gasteiger partial charge < -0.3 is 4.43 Å². The molecule has 4 aliphatic carbocycles. The minimum atomic E-state index is -2.56. The van der Waals surface area contributed by atoms with Crippen molar-refractivity contribution in [2.75, 3.05) is 0 Å². The second-order valence-corrected chi connectivity index (χ2v) is 21.4. The molecule has 0 N–H and O–H groups in total. The van der Waals surface area contributed by atoms with Gasteiger partial charge in [-0.05, 0) is 132 Å². The van der Waals surface area contributed by atoms with Crippen molar-refractivity contribution in [3.63, 3.8) is 0 Å². The van der Waals surface area contributed by atoms with Crippen molar-refractivity contribution in [1.29, 1.82) is 0 Å². The average Bonchev–Trinajstić information content (AvgIpc) is 3.48. The zero-order valence-corrected chi connectivity index (χ0v) is 31.8. The second-order valence-electron chi connectivity index (χ2n) is 17.1. The number of hydrogen-bond donors (Lipinski definition) is 0. The van der Waals surface area contributed by atoms with Gasteiger partial charge in [0.1, 0.15) is 0 Å².